The molecule has 0 radical (unpaired) electrons. The molecule has 0 bridgehead atoms. The molecule has 1 unspecified atom stereocenters. The molecule has 3 rings (SSSR count). The lowest BCUT2D eigenvalue weighted by Gasteiger charge is -2.25. The number of rotatable bonds is 10. The van der Waals surface area contributed by atoms with Crippen molar-refractivity contribution < 1.29 is 14.2 Å². The van der Waals surface area contributed by atoms with Gasteiger partial charge in [0.1, 0.15) is 5.82 Å². The van der Waals surface area contributed by atoms with Crippen molar-refractivity contribution in [1.82, 2.24) is 4.90 Å². The van der Waals surface area contributed by atoms with Gasteiger partial charge in [-0.15, -0.1) is 0 Å². The quantitative estimate of drug-likeness (QED) is 0.541. The monoisotopic (exact) mass is 393 g/mol. The zero-order chi connectivity index (χ0) is 20.5. The number of halogens is 1. The lowest BCUT2D eigenvalue weighted by atomic mass is 10.1. The number of hydrogen-bond donors (Lipinski definition) is 1. The van der Waals surface area contributed by atoms with E-state index in [4.69, 9.17) is 4.74 Å². The fourth-order valence-electron chi connectivity index (χ4n) is 3.22. The highest BCUT2D eigenvalue weighted by molar-refractivity contribution is 5.22. The van der Waals surface area contributed by atoms with Gasteiger partial charge in [-0.1, -0.05) is 72.3 Å². The Balaban J connectivity index is 1.58. The van der Waals surface area contributed by atoms with E-state index in [1.54, 1.807) is 12.1 Å². The van der Waals surface area contributed by atoms with Crippen molar-refractivity contribution in [3.63, 3.8) is 0 Å². The van der Waals surface area contributed by atoms with Crippen LogP contribution in [0.4, 0.5) is 4.39 Å². The maximum atomic E-state index is 13.2. The number of ether oxygens (including phenoxy) is 1. The minimum absolute atomic E-state index is 0.242. The van der Waals surface area contributed by atoms with Gasteiger partial charge in [-0.2, -0.15) is 0 Å². The highest BCUT2D eigenvalue weighted by Crippen LogP contribution is 2.13. The highest BCUT2D eigenvalue weighted by atomic mass is 19.1. The van der Waals surface area contributed by atoms with Crippen LogP contribution < -0.4 is 0 Å². The number of nitrogens with zero attached hydrogens (tertiary/aromatic N) is 1. The smallest absolute Gasteiger partial charge is 0.123 e. The third-order valence-corrected chi connectivity index (χ3v) is 4.74. The summed E-state index contributed by atoms with van der Waals surface area (Å²) in [4.78, 5) is 2.16. The second-order valence-electron chi connectivity index (χ2n) is 7.44. The van der Waals surface area contributed by atoms with Crippen LogP contribution in [-0.2, 0) is 24.4 Å². The number of aliphatic hydroxyl groups excluding tert-OH is 1. The molecule has 152 valence electrons. The van der Waals surface area contributed by atoms with Crippen molar-refractivity contribution in [2.75, 3.05) is 13.2 Å². The summed E-state index contributed by atoms with van der Waals surface area (Å²) in [6.07, 6.45) is -0.607. The van der Waals surface area contributed by atoms with E-state index in [0.29, 0.717) is 26.2 Å². The Kier molecular flexibility index (Phi) is 7.94. The molecule has 0 amide bonds. The van der Waals surface area contributed by atoms with Crippen molar-refractivity contribution in [3.05, 3.63) is 107 Å². The van der Waals surface area contributed by atoms with Gasteiger partial charge in [0.15, 0.2) is 0 Å². The molecular weight excluding hydrogens is 365 g/mol. The Hall–Kier alpha value is -2.53. The second kappa shape index (κ2) is 10.9. The van der Waals surface area contributed by atoms with Gasteiger partial charge < -0.3 is 9.84 Å². The molecule has 0 spiro atoms. The van der Waals surface area contributed by atoms with Crippen LogP contribution >= 0.6 is 0 Å². The zero-order valence-electron chi connectivity index (χ0n) is 16.8. The molecule has 0 saturated heterocycles. The molecule has 0 aliphatic heterocycles. The van der Waals surface area contributed by atoms with Crippen LogP contribution in [0.2, 0.25) is 0 Å². The lowest BCUT2D eigenvalue weighted by Crippen LogP contribution is -2.34. The van der Waals surface area contributed by atoms with Gasteiger partial charge >= 0.3 is 0 Å². The molecule has 3 aromatic rings. The average molecular weight is 394 g/mol. The summed E-state index contributed by atoms with van der Waals surface area (Å²) < 4.78 is 18.9. The first kappa shape index (κ1) is 21.2. The Bertz CT molecular complexity index is 803. The van der Waals surface area contributed by atoms with E-state index in [9.17, 15) is 9.50 Å². The Labute approximate surface area is 172 Å². The van der Waals surface area contributed by atoms with Crippen molar-refractivity contribution in [1.29, 1.82) is 0 Å². The molecule has 1 atom stereocenters. The zero-order valence-corrected chi connectivity index (χ0v) is 16.8. The van der Waals surface area contributed by atoms with Crippen LogP contribution in [0.3, 0.4) is 0 Å². The molecule has 29 heavy (non-hydrogen) atoms. The SMILES string of the molecule is Cc1ccc(CN(Cc2ccc(F)cc2)CC(O)COCc2ccccc2)cc1. The topological polar surface area (TPSA) is 32.7 Å². The normalized spacial score (nSPS) is 12.3. The van der Waals surface area contributed by atoms with Crippen LogP contribution in [0.25, 0.3) is 0 Å². The summed E-state index contributed by atoms with van der Waals surface area (Å²) in [5.74, 6) is -0.242. The van der Waals surface area contributed by atoms with E-state index in [1.807, 2.05) is 30.3 Å². The molecule has 0 aliphatic rings. The van der Waals surface area contributed by atoms with Crippen LogP contribution in [0.1, 0.15) is 22.3 Å². The molecule has 0 aromatic heterocycles. The van der Waals surface area contributed by atoms with Gasteiger partial charge in [0, 0.05) is 19.6 Å². The van der Waals surface area contributed by atoms with E-state index in [-0.39, 0.29) is 12.4 Å². The Morgan fingerprint density at radius 1 is 0.828 bits per heavy atom. The van der Waals surface area contributed by atoms with Crippen LogP contribution in [0, 0.1) is 12.7 Å². The predicted molar refractivity (Wildman–Crippen MR) is 114 cm³/mol. The third kappa shape index (κ3) is 7.42. The number of aryl methyl sites for hydroxylation is 1. The lowest BCUT2D eigenvalue weighted by molar-refractivity contribution is 0.00712. The number of benzene rings is 3. The van der Waals surface area contributed by atoms with Gasteiger partial charge in [0.25, 0.3) is 0 Å². The average Bonchev–Trinajstić information content (AvgIpc) is 2.72. The first-order chi connectivity index (χ1) is 14.1. The predicted octanol–water partition coefficient (Wildman–Crippen LogP) is 4.71. The van der Waals surface area contributed by atoms with Crippen molar-refractivity contribution in [2.45, 2.75) is 32.7 Å². The van der Waals surface area contributed by atoms with E-state index in [2.05, 4.69) is 36.1 Å². The molecule has 3 nitrogen and oxygen atoms in total. The molecule has 0 heterocycles. The van der Waals surface area contributed by atoms with Crippen molar-refractivity contribution in [2.24, 2.45) is 0 Å². The minimum atomic E-state index is -0.607. The number of hydrogen-bond acceptors (Lipinski definition) is 3. The molecule has 0 fully saturated rings. The molecular formula is C25H28FNO2. The Morgan fingerprint density at radius 2 is 1.41 bits per heavy atom. The standard InChI is InChI=1S/C25H28FNO2/c1-20-7-9-21(10-8-20)15-27(16-22-11-13-24(26)14-12-22)17-25(28)19-29-18-23-5-3-2-4-6-23/h2-14,25,28H,15-19H2,1H3. The summed E-state index contributed by atoms with van der Waals surface area (Å²) in [5.41, 5.74) is 4.49. The van der Waals surface area contributed by atoms with Crippen molar-refractivity contribution in [3.8, 4) is 0 Å². The first-order valence-electron chi connectivity index (χ1n) is 9.90. The molecule has 0 aliphatic carbocycles. The largest absolute Gasteiger partial charge is 0.389 e. The van der Waals surface area contributed by atoms with E-state index >= 15 is 0 Å². The minimum Gasteiger partial charge on any atom is -0.389 e. The summed E-state index contributed by atoms with van der Waals surface area (Å²) in [7, 11) is 0. The van der Waals surface area contributed by atoms with E-state index < -0.39 is 6.10 Å². The van der Waals surface area contributed by atoms with Crippen LogP contribution in [0.5, 0.6) is 0 Å². The molecule has 3 aromatic carbocycles. The molecule has 1 N–H and O–H groups in total. The summed E-state index contributed by atoms with van der Waals surface area (Å²) in [5, 5.41) is 10.5. The van der Waals surface area contributed by atoms with Gasteiger partial charge in [0.2, 0.25) is 0 Å². The van der Waals surface area contributed by atoms with Gasteiger partial charge in [-0.3, -0.25) is 4.90 Å². The fraction of sp³-hybridized carbons (Fsp3) is 0.280. The van der Waals surface area contributed by atoms with E-state index in [1.165, 1.54) is 23.3 Å². The van der Waals surface area contributed by atoms with Gasteiger partial charge in [-0.25, -0.2) is 4.39 Å². The second-order valence-corrected chi connectivity index (χ2v) is 7.44. The van der Waals surface area contributed by atoms with Gasteiger partial charge in [0.05, 0.1) is 19.3 Å². The van der Waals surface area contributed by atoms with Crippen LogP contribution in [0.15, 0.2) is 78.9 Å². The maximum absolute atomic E-state index is 13.2. The van der Waals surface area contributed by atoms with Gasteiger partial charge in [-0.05, 0) is 35.7 Å². The molecule has 0 saturated carbocycles. The van der Waals surface area contributed by atoms with Crippen molar-refractivity contribution >= 4 is 0 Å². The maximum Gasteiger partial charge on any atom is 0.123 e. The van der Waals surface area contributed by atoms with E-state index in [0.717, 1.165) is 11.1 Å². The van der Waals surface area contributed by atoms with Crippen LogP contribution in [-0.4, -0.2) is 29.3 Å². The molecule has 4 heteroatoms. The first-order valence-corrected chi connectivity index (χ1v) is 9.90. The summed E-state index contributed by atoms with van der Waals surface area (Å²) >= 11 is 0. The summed E-state index contributed by atoms with van der Waals surface area (Å²) in [6, 6.07) is 24.8. The third-order valence-electron chi connectivity index (χ3n) is 4.74. The number of aliphatic hydroxyl groups is 1. The fourth-order valence-corrected chi connectivity index (χ4v) is 3.22. The Morgan fingerprint density at radius 3 is 2.03 bits per heavy atom. The highest BCUT2D eigenvalue weighted by Gasteiger charge is 2.14. The summed E-state index contributed by atoms with van der Waals surface area (Å²) in [6.45, 7) is 4.61.